The highest BCUT2D eigenvalue weighted by Gasteiger charge is 2.07. The van der Waals surface area contributed by atoms with Crippen molar-refractivity contribution in [2.24, 2.45) is 0 Å². The third-order valence-corrected chi connectivity index (χ3v) is 7.26. The molecule has 2 N–H and O–H groups in total. The molecule has 34 heavy (non-hydrogen) atoms. The van der Waals surface area contributed by atoms with Gasteiger partial charge >= 0.3 is 0 Å². The van der Waals surface area contributed by atoms with Gasteiger partial charge in [-0.2, -0.15) is 0 Å². The molecule has 8 rings (SSSR count). The van der Waals surface area contributed by atoms with Gasteiger partial charge in [0.25, 0.3) is 0 Å². The number of aromatic nitrogens is 2. The molecule has 0 saturated carbocycles. The molecule has 8 aromatic rings. The van der Waals surface area contributed by atoms with E-state index >= 15 is 0 Å². The van der Waals surface area contributed by atoms with Crippen LogP contribution in [0, 0.1) is 0 Å². The summed E-state index contributed by atoms with van der Waals surface area (Å²) < 4.78 is 0. The highest BCUT2D eigenvalue weighted by atomic mass is 14.7. The molecule has 6 aromatic carbocycles. The Bertz CT molecular complexity index is 1920. The van der Waals surface area contributed by atoms with Crippen molar-refractivity contribution in [3.05, 3.63) is 109 Å². The van der Waals surface area contributed by atoms with E-state index in [1.807, 2.05) is 12.4 Å². The van der Waals surface area contributed by atoms with Crippen molar-refractivity contribution >= 4 is 64.9 Å². The number of aromatic amines is 2. The average Bonchev–Trinajstić information content (AvgIpc) is 3.51. The van der Waals surface area contributed by atoms with Gasteiger partial charge in [-0.3, -0.25) is 0 Å². The van der Waals surface area contributed by atoms with Crippen LogP contribution in [-0.4, -0.2) is 9.97 Å². The van der Waals surface area contributed by atoms with Crippen molar-refractivity contribution in [3.8, 4) is 11.1 Å². The Balaban J connectivity index is 1.29. The van der Waals surface area contributed by atoms with Crippen molar-refractivity contribution in [1.82, 2.24) is 9.97 Å². The molecular formula is C32H20N2. The molecule has 0 amide bonds. The summed E-state index contributed by atoms with van der Waals surface area (Å²) in [5.74, 6) is 0. The highest BCUT2D eigenvalue weighted by molar-refractivity contribution is 6.06. The lowest BCUT2D eigenvalue weighted by Gasteiger charge is -2.09. The Morgan fingerprint density at radius 2 is 0.676 bits per heavy atom. The molecule has 0 unspecified atom stereocenters. The lowest BCUT2D eigenvalue weighted by molar-refractivity contribution is 1.48. The maximum absolute atomic E-state index is 3.33. The Morgan fingerprint density at radius 3 is 1.18 bits per heavy atom. The zero-order valence-electron chi connectivity index (χ0n) is 18.4. The van der Waals surface area contributed by atoms with E-state index in [0.717, 1.165) is 0 Å². The Labute approximate surface area is 195 Å². The topological polar surface area (TPSA) is 31.6 Å². The summed E-state index contributed by atoms with van der Waals surface area (Å²) in [5.41, 5.74) is 4.86. The van der Waals surface area contributed by atoms with E-state index in [0.29, 0.717) is 0 Å². The van der Waals surface area contributed by atoms with Crippen molar-refractivity contribution in [2.45, 2.75) is 0 Å². The van der Waals surface area contributed by atoms with Gasteiger partial charge in [0.1, 0.15) is 0 Å². The van der Waals surface area contributed by atoms with Crippen LogP contribution in [0.2, 0.25) is 0 Å². The highest BCUT2D eigenvalue weighted by Crippen LogP contribution is 2.33. The van der Waals surface area contributed by atoms with Crippen LogP contribution in [0.25, 0.3) is 76.0 Å². The van der Waals surface area contributed by atoms with Crippen LogP contribution in [0.3, 0.4) is 0 Å². The van der Waals surface area contributed by atoms with Crippen LogP contribution in [0.1, 0.15) is 0 Å². The summed E-state index contributed by atoms with van der Waals surface area (Å²) in [6, 6.07) is 36.1. The second-order valence-corrected chi connectivity index (χ2v) is 9.36. The van der Waals surface area contributed by atoms with Gasteiger partial charge in [0.05, 0.1) is 0 Å². The van der Waals surface area contributed by atoms with Crippen molar-refractivity contribution in [2.75, 3.05) is 0 Å². The van der Waals surface area contributed by atoms with Gasteiger partial charge in [-0.05, 0) is 138 Å². The van der Waals surface area contributed by atoms with Gasteiger partial charge in [-0.25, -0.2) is 0 Å². The molecule has 2 aromatic heterocycles. The van der Waals surface area contributed by atoms with Crippen LogP contribution in [0.4, 0.5) is 0 Å². The first kappa shape index (κ1) is 17.9. The fourth-order valence-electron chi connectivity index (χ4n) is 5.46. The summed E-state index contributed by atoms with van der Waals surface area (Å²) in [7, 11) is 0. The van der Waals surface area contributed by atoms with E-state index < -0.39 is 0 Å². The number of hydrogen-bond donors (Lipinski definition) is 2. The van der Waals surface area contributed by atoms with E-state index in [9.17, 15) is 0 Å². The van der Waals surface area contributed by atoms with Gasteiger partial charge in [-0.15, -0.1) is 0 Å². The van der Waals surface area contributed by atoms with Gasteiger partial charge in [-0.1, -0.05) is 24.3 Å². The standard InChI is InChI=1S/C32H20N2/c1-3-21-11-27-13-23-5-7-34-32(23)18-30(27)16-26(21)10-20(1)19-2-4-22-12-29-17-31-24(6-8-33-31)14-28(29)15-25(22)9-19/h1-18,33-34H. The molecule has 0 fully saturated rings. The molecule has 0 spiro atoms. The summed E-state index contributed by atoms with van der Waals surface area (Å²) in [6.07, 6.45) is 4.01. The molecule has 0 saturated heterocycles. The van der Waals surface area contributed by atoms with E-state index in [4.69, 9.17) is 0 Å². The van der Waals surface area contributed by atoms with E-state index in [1.165, 1.54) is 76.0 Å². The molecule has 158 valence electrons. The minimum absolute atomic E-state index is 1.18. The van der Waals surface area contributed by atoms with Crippen LogP contribution in [0.5, 0.6) is 0 Å². The van der Waals surface area contributed by atoms with Gasteiger partial charge in [0, 0.05) is 23.4 Å². The Kier molecular flexibility index (Phi) is 3.42. The summed E-state index contributed by atoms with van der Waals surface area (Å²) >= 11 is 0. The first-order chi connectivity index (χ1) is 16.8. The van der Waals surface area contributed by atoms with E-state index in [-0.39, 0.29) is 0 Å². The Hall–Kier alpha value is -4.56. The van der Waals surface area contributed by atoms with Crippen LogP contribution in [0.15, 0.2) is 109 Å². The fraction of sp³-hybridized carbons (Fsp3) is 0. The summed E-state index contributed by atoms with van der Waals surface area (Å²) in [6.45, 7) is 0. The zero-order valence-corrected chi connectivity index (χ0v) is 18.4. The average molecular weight is 433 g/mol. The van der Waals surface area contributed by atoms with E-state index in [1.54, 1.807) is 0 Å². The molecule has 0 bridgehead atoms. The predicted octanol–water partition coefficient (Wildman–Crippen LogP) is 8.93. The van der Waals surface area contributed by atoms with Crippen LogP contribution >= 0.6 is 0 Å². The number of rotatable bonds is 1. The number of H-pyrrole nitrogens is 2. The third-order valence-electron chi connectivity index (χ3n) is 7.26. The van der Waals surface area contributed by atoms with Crippen molar-refractivity contribution in [1.29, 1.82) is 0 Å². The minimum Gasteiger partial charge on any atom is -0.361 e. The molecule has 0 radical (unpaired) electrons. The third kappa shape index (κ3) is 2.63. The largest absolute Gasteiger partial charge is 0.361 e. The van der Waals surface area contributed by atoms with Gasteiger partial charge in [0.15, 0.2) is 0 Å². The van der Waals surface area contributed by atoms with E-state index in [2.05, 4.69) is 107 Å². The normalized spacial score (nSPS) is 12.1. The second kappa shape index (κ2) is 6.49. The maximum atomic E-state index is 3.33. The monoisotopic (exact) mass is 432 g/mol. The fourth-order valence-corrected chi connectivity index (χ4v) is 5.46. The number of nitrogens with one attached hydrogen (secondary N) is 2. The first-order valence-electron chi connectivity index (χ1n) is 11.7. The molecule has 2 heteroatoms. The lowest BCUT2D eigenvalue weighted by Crippen LogP contribution is -1.83. The minimum atomic E-state index is 1.18. The summed E-state index contributed by atoms with van der Waals surface area (Å²) in [4.78, 5) is 6.65. The zero-order chi connectivity index (χ0) is 22.2. The van der Waals surface area contributed by atoms with Crippen LogP contribution < -0.4 is 0 Å². The number of fused-ring (bicyclic) bond motifs is 6. The molecule has 0 aliphatic carbocycles. The summed E-state index contributed by atoms with van der Waals surface area (Å²) in [5, 5.41) is 12.7. The van der Waals surface area contributed by atoms with Crippen LogP contribution in [-0.2, 0) is 0 Å². The predicted molar refractivity (Wildman–Crippen MR) is 146 cm³/mol. The smallest absolute Gasteiger partial charge is 0.0460 e. The Morgan fingerprint density at radius 1 is 0.294 bits per heavy atom. The van der Waals surface area contributed by atoms with Gasteiger partial charge < -0.3 is 9.97 Å². The number of hydrogen-bond acceptors (Lipinski definition) is 0. The first-order valence-corrected chi connectivity index (χ1v) is 11.7. The molecule has 2 heterocycles. The second-order valence-electron chi connectivity index (χ2n) is 9.36. The number of benzene rings is 6. The molecule has 0 aliphatic rings. The molecule has 0 aliphatic heterocycles. The quantitative estimate of drug-likeness (QED) is 0.243. The molecule has 2 nitrogen and oxygen atoms in total. The molecular weight excluding hydrogens is 412 g/mol. The lowest BCUT2D eigenvalue weighted by atomic mass is 9.95. The maximum Gasteiger partial charge on any atom is 0.0460 e. The SMILES string of the molecule is c1cc2cc3cc4cc(-c5ccc6cc7cc8cc[nH]c8cc7cc6c5)ccc4cc3cc2[nH]1. The van der Waals surface area contributed by atoms with Crippen molar-refractivity contribution in [3.63, 3.8) is 0 Å². The van der Waals surface area contributed by atoms with Crippen molar-refractivity contribution < 1.29 is 0 Å². The molecule has 0 atom stereocenters. The van der Waals surface area contributed by atoms with Gasteiger partial charge in [0.2, 0.25) is 0 Å².